The summed E-state index contributed by atoms with van der Waals surface area (Å²) in [6.45, 7) is 17.1. The molecular formula is C37H48BrN10O3P. The fourth-order valence-electron chi connectivity index (χ4n) is 7.24. The van der Waals surface area contributed by atoms with Gasteiger partial charge in [-0.05, 0) is 87.8 Å². The Labute approximate surface area is 314 Å². The van der Waals surface area contributed by atoms with Crippen LogP contribution in [0.15, 0.2) is 57.3 Å². The number of methoxy groups -OCH3 is 1. The Balaban J connectivity index is 1.31. The molecule has 2 aliphatic heterocycles. The van der Waals surface area contributed by atoms with E-state index in [-0.39, 0.29) is 12.2 Å². The first-order chi connectivity index (χ1) is 24.9. The van der Waals surface area contributed by atoms with Crippen LogP contribution in [0.25, 0.3) is 11.1 Å². The minimum Gasteiger partial charge on any atom is -0.494 e. The van der Waals surface area contributed by atoms with Gasteiger partial charge < -0.3 is 29.6 Å². The Kier molecular flexibility index (Phi) is 11.5. The fraction of sp³-hybridized carbons (Fsp3) is 0.432. The van der Waals surface area contributed by atoms with Crippen LogP contribution in [0.1, 0.15) is 33.6 Å². The molecule has 0 amide bonds. The smallest absolute Gasteiger partial charge is 0.229 e. The molecule has 2 saturated heterocycles. The molecule has 0 spiro atoms. The summed E-state index contributed by atoms with van der Waals surface area (Å²) in [6.07, 6.45) is 9.89. The minimum atomic E-state index is -2.83. The van der Waals surface area contributed by atoms with Crippen molar-refractivity contribution in [3.05, 3.63) is 47.3 Å². The molecule has 2 aliphatic rings. The number of hydrogen-bond donors (Lipinski definition) is 2. The van der Waals surface area contributed by atoms with Crippen molar-refractivity contribution < 1.29 is 14.0 Å². The third-order valence-corrected chi connectivity index (χ3v) is 11.6. The molecule has 2 aromatic heterocycles. The van der Waals surface area contributed by atoms with Gasteiger partial charge in [0.1, 0.15) is 24.4 Å². The van der Waals surface area contributed by atoms with Gasteiger partial charge in [0.15, 0.2) is 0 Å². The molecule has 6 rings (SSSR count). The maximum atomic E-state index is 13.6. The van der Waals surface area contributed by atoms with Gasteiger partial charge in [-0.1, -0.05) is 0 Å². The molecule has 2 atom stereocenters. The number of piperidine rings is 1. The molecule has 13 nitrogen and oxygen atoms in total. The van der Waals surface area contributed by atoms with Gasteiger partial charge in [-0.2, -0.15) is 10.1 Å². The van der Waals surface area contributed by atoms with Crippen LogP contribution in [0.5, 0.6) is 5.75 Å². The Bertz CT molecular complexity index is 2000. The van der Waals surface area contributed by atoms with Crippen molar-refractivity contribution in [1.29, 1.82) is 0 Å². The second-order valence-corrected chi connectivity index (χ2v) is 17.8. The lowest BCUT2D eigenvalue weighted by Gasteiger charge is -2.44. The maximum Gasteiger partial charge on any atom is 0.229 e. The van der Waals surface area contributed by atoms with Crippen LogP contribution < -0.4 is 25.6 Å². The number of nitrogens with one attached hydrogen (secondary N) is 2. The number of aryl methyl sites for hydroxylation is 1. The lowest BCUT2D eigenvalue weighted by atomic mass is 9.98. The first-order valence-electron chi connectivity index (χ1n) is 17.5. The van der Waals surface area contributed by atoms with Gasteiger partial charge in [-0.25, -0.2) is 4.98 Å². The van der Waals surface area contributed by atoms with E-state index >= 15 is 0 Å². The number of anilines is 5. The summed E-state index contributed by atoms with van der Waals surface area (Å²) in [7, 11) is 0.762. The summed E-state index contributed by atoms with van der Waals surface area (Å²) < 4.78 is 28.0. The van der Waals surface area contributed by atoms with E-state index in [0.717, 1.165) is 55.8 Å². The number of nitrogens with zero attached hydrogens (tertiary/aromatic N) is 8. The van der Waals surface area contributed by atoms with Gasteiger partial charge in [0.2, 0.25) is 5.95 Å². The van der Waals surface area contributed by atoms with Crippen molar-refractivity contribution in [3.63, 3.8) is 0 Å². The molecule has 0 saturated carbocycles. The van der Waals surface area contributed by atoms with Crippen LogP contribution in [0.2, 0.25) is 0 Å². The summed E-state index contributed by atoms with van der Waals surface area (Å²) in [4.78, 5) is 23.1. The Morgan fingerprint density at radius 3 is 2.44 bits per heavy atom. The number of hydrogen-bond acceptors (Lipinski definition) is 12. The summed E-state index contributed by atoms with van der Waals surface area (Å²) in [5, 5.41) is 11.8. The SMILES string of the molecule is C=Nc1ccc(Nc2nc(Nc3cc(-c4cnn(C)c4)c(N4CCC(N5CC(C)OC(C)C5)CC4)cc3OC)ncc2Br)c(P(C)(C)=O)c1/N=C\C. The highest BCUT2D eigenvalue weighted by Crippen LogP contribution is 2.46. The number of halogens is 1. The topological polar surface area (TPSA) is 134 Å². The van der Waals surface area contributed by atoms with Crippen LogP contribution in [0.3, 0.4) is 0 Å². The van der Waals surface area contributed by atoms with Crippen molar-refractivity contribution in [2.75, 3.05) is 62.2 Å². The summed E-state index contributed by atoms with van der Waals surface area (Å²) in [6, 6.07) is 8.33. The predicted octanol–water partition coefficient (Wildman–Crippen LogP) is 7.52. The summed E-state index contributed by atoms with van der Waals surface area (Å²) in [5.74, 6) is 1.49. The molecule has 4 aromatic rings. The van der Waals surface area contributed by atoms with E-state index in [4.69, 9.17) is 14.5 Å². The largest absolute Gasteiger partial charge is 0.494 e. The molecule has 4 heterocycles. The Hall–Kier alpha value is -4.10. The Morgan fingerprint density at radius 2 is 1.83 bits per heavy atom. The fourth-order valence-corrected chi connectivity index (χ4v) is 8.92. The number of aliphatic imine (C=N–C) groups is 2. The van der Waals surface area contributed by atoms with Crippen LogP contribution in [-0.2, 0) is 16.3 Å². The number of aromatic nitrogens is 4. The van der Waals surface area contributed by atoms with Crippen LogP contribution in [0.4, 0.5) is 40.2 Å². The third kappa shape index (κ3) is 8.25. The molecule has 0 radical (unpaired) electrons. The predicted molar refractivity (Wildman–Crippen MR) is 217 cm³/mol. The first kappa shape index (κ1) is 37.7. The first-order valence-corrected chi connectivity index (χ1v) is 20.9. The maximum absolute atomic E-state index is 13.6. The van der Waals surface area contributed by atoms with Gasteiger partial charge in [-0.15, -0.1) is 0 Å². The van der Waals surface area contributed by atoms with Crippen molar-refractivity contribution >= 4 is 81.5 Å². The molecule has 15 heteroatoms. The average Bonchev–Trinajstić information content (AvgIpc) is 3.54. The van der Waals surface area contributed by atoms with Crippen molar-refractivity contribution in [1.82, 2.24) is 24.6 Å². The zero-order chi connectivity index (χ0) is 37.2. The molecular weight excluding hydrogens is 743 g/mol. The van der Waals surface area contributed by atoms with Gasteiger partial charge in [0.05, 0.1) is 52.4 Å². The van der Waals surface area contributed by atoms with E-state index in [2.05, 4.69) is 89.1 Å². The van der Waals surface area contributed by atoms with E-state index in [1.165, 1.54) is 0 Å². The molecule has 2 fully saturated rings. The van der Waals surface area contributed by atoms with Crippen LogP contribution >= 0.6 is 23.1 Å². The molecule has 2 unspecified atom stereocenters. The van der Waals surface area contributed by atoms with E-state index in [9.17, 15) is 4.57 Å². The number of rotatable bonds is 11. The van der Waals surface area contributed by atoms with E-state index < -0.39 is 7.14 Å². The normalized spacial score (nSPS) is 18.9. The number of benzene rings is 2. The van der Waals surface area contributed by atoms with Gasteiger partial charge in [-0.3, -0.25) is 19.6 Å². The van der Waals surface area contributed by atoms with E-state index in [1.807, 2.05) is 37.1 Å². The highest BCUT2D eigenvalue weighted by Gasteiger charge is 2.32. The summed E-state index contributed by atoms with van der Waals surface area (Å²) >= 11 is 3.60. The molecule has 0 bridgehead atoms. The van der Waals surface area contributed by atoms with Crippen LogP contribution in [0, 0.1) is 0 Å². The monoisotopic (exact) mass is 790 g/mol. The molecule has 276 valence electrons. The standard InChI is InChI=1S/C37H48BrN10O3P/c1-9-40-34-29(39-4)10-11-30(35(34)52(7,8)49)43-36-28(38)19-41-37(45-36)44-31-16-27(25-18-42-46(5)22-25)32(17-33(31)50-6)47-14-12-26(13-15-47)48-20-23(2)51-24(3)21-48/h9-11,16-19,22-24,26H,4,12-15,20-21H2,1-3,5-8H3,(H2,41,43,44,45)/b40-9-. The number of ether oxygens (including phenoxy) is 2. The van der Waals surface area contributed by atoms with Crippen molar-refractivity contribution in [3.8, 4) is 16.9 Å². The van der Waals surface area contributed by atoms with E-state index in [1.54, 1.807) is 38.9 Å². The summed E-state index contributed by atoms with van der Waals surface area (Å²) in [5.41, 5.74) is 5.51. The highest BCUT2D eigenvalue weighted by atomic mass is 79.9. The molecule has 2 N–H and O–H groups in total. The highest BCUT2D eigenvalue weighted by molar-refractivity contribution is 9.10. The average molecular weight is 792 g/mol. The molecule has 0 aliphatic carbocycles. The van der Waals surface area contributed by atoms with Crippen molar-refractivity contribution in [2.24, 2.45) is 17.0 Å². The van der Waals surface area contributed by atoms with Crippen LogP contribution in [-0.4, -0.2) is 102 Å². The lowest BCUT2D eigenvalue weighted by molar-refractivity contribution is -0.0826. The van der Waals surface area contributed by atoms with Gasteiger partial charge in [0, 0.05) is 80.8 Å². The zero-order valence-corrected chi connectivity index (χ0v) is 33.4. The second kappa shape index (κ2) is 15.9. The Morgan fingerprint density at radius 1 is 1.10 bits per heavy atom. The third-order valence-electron chi connectivity index (χ3n) is 9.44. The van der Waals surface area contributed by atoms with E-state index in [0.29, 0.717) is 56.1 Å². The quantitative estimate of drug-likeness (QED) is 0.116. The van der Waals surface area contributed by atoms with Gasteiger partial charge in [0.25, 0.3) is 0 Å². The van der Waals surface area contributed by atoms with Crippen molar-refractivity contribution in [2.45, 2.75) is 51.9 Å². The zero-order valence-electron chi connectivity index (χ0n) is 30.9. The van der Waals surface area contributed by atoms with Gasteiger partial charge >= 0.3 is 0 Å². The number of morpholine rings is 1. The minimum absolute atomic E-state index is 0.253. The molecule has 52 heavy (non-hydrogen) atoms. The second-order valence-electron chi connectivity index (χ2n) is 13.8. The lowest BCUT2D eigenvalue weighted by Crippen LogP contribution is -2.53. The molecule has 2 aromatic carbocycles.